The van der Waals surface area contributed by atoms with Gasteiger partial charge in [0, 0.05) is 19.6 Å². The molecule has 1 N–H and O–H groups in total. The summed E-state index contributed by atoms with van der Waals surface area (Å²) in [4.78, 5) is 27.3. The van der Waals surface area contributed by atoms with Crippen molar-refractivity contribution in [2.75, 3.05) is 32.7 Å². The van der Waals surface area contributed by atoms with Gasteiger partial charge in [0.1, 0.15) is 0 Å². The normalized spacial score (nSPS) is 20.2. The van der Waals surface area contributed by atoms with Gasteiger partial charge in [-0.15, -0.1) is 0 Å². The van der Waals surface area contributed by atoms with Crippen molar-refractivity contribution < 1.29 is 9.59 Å². The molecule has 1 aliphatic rings. The number of carbonyl (C=O) groups excluding carboxylic acids is 2. The highest BCUT2D eigenvalue weighted by Crippen LogP contribution is 2.13. The monoisotopic (exact) mass is 255 g/mol. The number of hydrogen-bond acceptors (Lipinski definition) is 4. The van der Waals surface area contributed by atoms with Crippen LogP contribution < -0.4 is 5.32 Å². The third kappa shape index (κ3) is 3.78. The lowest BCUT2D eigenvalue weighted by atomic mass is 10.2. The maximum absolute atomic E-state index is 11.9. The molecule has 0 aromatic carbocycles. The molecule has 0 saturated carbocycles. The van der Waals surface area contributed by atoms with E-state index in [2.05, 4.69) is 24.1 Å². The van der Waals surface area contributed by atoms with Gasteiger partial charge in [0.25, 0.3) is 0 Å². The van der Waals surface area contributed by atoms with Crippen LogP contribution in [0, 0.1) is 0 Å². The van der Waals surface area contributed by atoms with Crippen molar-refractivity contribution in [3.05, 3.63) is 0 Å². The summed E-state index contributed by atoms with van der Waals surface area (Å²) in [5.74, 6) is -0.0939. The van der Waals surface area contributed by atoms with Gasteiger partial charge in [-0.25, -0.2) is 0 Å². The van der Waals surface area contributed by atoms with Gasteiger partial charge in [-0.1, -0.05) is 20.8 Å². The average molecular weight is 255 g/mol. The van der Waals surface area contributed by atoms with Crippen molar-refractivity contribution in [3.8, 4) is 0 Å². The number of amides is 2. The first kappa shape index (κ1) is 15.1. The van der Waals surface area contributed by atoms with Crippen LogP contribution in [0.4, 0.5) is 0 Å². The van der Waals surface area contributed by atoms with Gasteiger partial charge in [-0.05, 0) is 19.5 Å². The van der Waals surface area contributed by atoms with Crippen molar-refractivity contribution in [1.82, 2.24) is 15.1 Å². The second-order valence-electron chi connectivity index (χ2n) is 4.62. The topological polar surface area (TPSA) is 52.7 Å². The molecule has 1 aliphatic heterocycles. The van der Waals surface area contributed by atoms with E-state index in [9.17, 15) is 9.59 Å². The number of rotatable bonds is 8. The van der Waals surface area contributed by atoms with E-state index < -0.39 is 0 Å². The molecule has 2 amide bonds. The molecule has 104 valence electrons. The van der Waals surface area contributed by atoms with E-state index in [1.807, 2.05) is 6.92 Å². The number of likely N-dealkylation sites (tertiary alicyclic amines) is 1. The Bertz CT molecular complexity index is 290. The molecule has 1 rings (SSSR count). The standard InChI is InChI=1S/C13H25N3O2/c1-4-8-16-12(17)10-11(13(16)18)14-7-9-15(5-2)6-3/h11,14H,4-10H2,1-3H3. The molecule has 0 aromatic rings. The van der Waals surface area contributed by atoms with Gasteiger partial charge < -0.3 is 10.2 Å². The molecule has 5 nitrogen and oxygen atoms in total. The van der Waals surface area contributed by atoms with Crippen LogP contribution in [0.15, 0.2) is 0 Å². The van der Waals surface area contributed by atoms with Crippen molar-refractivity contribution in [2.45, 2.75) is 39.7 Å². The molecule has 1 unspecified atom stereocenters. The van der Waals surface area contributed by atoms with Crippen molar-refractivity contribution in [3.63, 3.8) is 0 Å². The zero-order chi connectivity index (χ0) is 13.5. The molecule has 18 heavy (non-hydrogen) atoms. The zero-order valence-corrected chi connectivity index (χ0v) is 11.7. The predicted molar refractivity (Wildman–Crippen MR) is 71.2 cm³/mol. The summed E-state index contributed by atoms with van der Waals surface area (Å²) in [6, 6.07) is -0.306. The SMILES string of the molecule is CCCN1C(=O)CC(NCCN(CC)CC)C1=O. The van der Waals surface area contributed by atoms with Crippen LogP contribution in [0.5, 0.6) is 0 Å². The second-order valence-corrected chi connectivity index (χ2v) is 4.62. The van der Waals surface area contributed by atoms with E-state index in [0.29, 0.717) is 13.0 Å². The maximum Gasteiger partial charge on any atom is 0.246 e. The van der Waals surface area contributed by atoms with Crippen LogP contribution in [-0.2, 0) is 9.59 Å². The Morgan fingerprint density at radius 1 is 1.28 bits per heavy atom. The Hall–Kier alpha value is -0.940. The minimum absolute atomic E-state index is 0.0396. The fraction of sp³-hybridized carbons (Fsp3) is 0.846. The van der Waals surface area contributed by atoms with E-state index in [1.165, 1.54) is 4.90 Å². The Morgan fingerprint density at radius 2 is 1.94 bits per heavy atom. The molecule has 1 heterocycles. The summed E-state index contributed by atoms with van der Waals surface area (Å²) >= 11 is 0. The number of likely N-dealkylation sites (N-methyl/N-ethyl adjacent to an activating group) is 1. The molecular formula is C13H25N3O2. The van der Waals surface area contributed by atoms with Crippen LogP contribution in [-0.4, -0.2) is 60.4 Å². The first-order valence-corrected chi connectivity index (χ1v) is 6.93. The maximum atomic E-state index is 11.9. The smallest absolute Gasteiger partial charge is 0.246 e. The summed E-state index contributed by atoms with van der Waals surface area (Å²) in [5, 5.41) is 3.20. The number of nitrogens with one attached hydrogen (secondary N) is 1. The Balaban J connectivity index is 2.36. The molecule has 1 fully saturated rings. The highest BCUT2D eigenvalue weighted by atomic mass is 16.2. The van der Waals surface area contributed by atoms with Crippen molar-refractivity contribution in [1.29, 1.82) is 0 Å². The van der Waals surface area contributed by atoms with E-state index in [0.717, 1.165) is 32.6 Å². The lowest BCUT2D eigenvalue weighted by molar-refractivity contribution is -0.138. The van der Waals surface area contributed by atoms with Gasteiger partial charge in [0.2, 0.25) is 11.8 Å². The first-order valence-electron chi connectivity index (χ1n) is 6.93. The lowest BCUT2D eigenvalue weighted by Gasteiger charge is -2.19. The molecule has 1 atom stereocenters. The van der Waals surface area contributed by atoms with Gasteiger partial charge in [-0.3, -0.25) is 14.5 Å². The fourth-order valence-electron chi connectivity index (χ4n) is 2.24. The molecule has 0 radical (unpaired) electrons. The van der Waals surface area contributed by atoms with Crippen molar-refractivity contribution in [2.24, 2.45) is 0 Å². The van der Waals surface area contributed by atoms with Crippen LogP contribution in [0.25, 0.3) is 0 Å². The summed E-state index contributed by atoms with van der Waals surface area (Å²) in [6.45, 7) is 10.5. The van der Waals surface area contributed by atoms with Crippen LogP contribution in [0.1, 0.15) is 33.6 Å². The summed E-state index contributed by atoms with van der Waals surface area (Å²) in [6.07, 6.45) is 1.14. The number of hydrogen-bond donors (Lipinski definition) is 1. The molecule has 0 aromatic heterocycles. The Labute approximate surface area is 110 Å². The van der Waals surface area contributed by atoms with Gasteiger partial charge in [0.15, 0.2) is 0 Å². The highest BCUT2D eigenvalue weighted by Gasteiger charge is 2.37. The fourth-order valence-corrected chi connectivity index (χ4v) is 2.24. The summed E-state index contributed by atoms with van der Waals surface area (Å²) < 4.78 is 0. The molecule has 0 aliphatic carbocycles. The van der Waals surface area contributed by atoms with Crippen LogP contribution >= 0.6 is 0 Å². The molecule has 0 spiro atoms. The van der Waals surface area contributed by atoms with Crippen molar-refractivity contribution >= 4 is 11.8 Å². The first-order chi connectivity index (χ1) is 8.63. The van der Waals surface area contributed by atoms with E-state index in [-0.39, 0.29) is 17.9 Å². The zero-order valence-electron chi connectivity index (χ0n) is 11.7. The van der Waals surface area contributed by atoms with Gasteiger partial charge in [0.05, 0.1) is 12.5 Å². The average Bonchev–Trinajstić information content (AvgIpc) is 2.63. The van der Waals surface area contributed by atoms with Crippen LogP contribution in [0.2, 0.25) is 0 Å². The van der Waals surface area contributed by atoms with E-state index in [4.69, 9.17) is 0 Å². The molecule has 5 heteroatoms. The summed E-state index contributed by atoms with van der Waals surface area (Å²) in [7, 11) is 0. The largest absolute Gasteiger partial charge is 0.304 e. The number of nitrogens with zero attached hydrogens (tertiary/aromatic N) is 2. The minimum atomic E-state index is -0.306. The summed E-state index contributed by atoms with van der Waals surface area (Å²) in [5.41, 5.74) is 0. The lowest BCUT2D eigenvalue weighted by Crippen LogP contribution is -2.42. The third-order valence-corrected chi connectivity index (χ3v) is 3.40. The number of imide groups is 1. The van der Waals surface area contributed by atoms with Gasteiger partial charge >= 0.3 is 0 Å². The molecule has 0 bridgehead atoms. The van der Waals surface area contributed by atoms with Crippen LogP contribution in [0.3, 0.4) is 0 Å². The Morgan fingerprint density at radius 3 is 2.50 bits per heavy atom. The van der Waals surface area contributed by atoms with E-state index >= 15 is 0 Å². The second kappa shape index (κ2) is 7.48. The highest BCUT2D eigenvalue weighted by molar-refractivity contribution is 6.05. The van der Waals surface area contributed by atoms with E-state index in [1.54, 1.807) is 0 Å². The minimum Gasteiger partial charge on any atom is -0.304 e. The third-order valence-electron chi connectivity index (χ3n) is 3.40. The molecular weight excluding hydrogens is 230 g/mol. The predicted octanol–water partition coefficient (Wildman–Crippen LogP) is 0.455. The Kier molecular flexibility index (Phi) is 6.29. The number of carbonyl (C=O) groups is 2. The quantitative estimate of drug-likeness (QED) is 0.640. The van der Waals surface area contributed by atoms with Gasteiger partial charge in [-0.2, -0.15) is 0 Å². The molecule has 1 saturated heterocycles.